The summed E-state index contributed by atoms with van der Waals surface area (Å²) in [6, 6.07) is 4.44. The monoisotopic (exact) mass is 286 g/mol. The van der Waals surface area contributed by atoms with Gasteiger partial charge in [0, 0.05) is 5.38 Å². The number of amidine groups is 1. The van der Waals surface area contributed by atoms with E-state index in [0.717, 1.165) is 23.5 Å². The zero-order valence-electron chi connectivity index (χ0n) is 9.45. The molecule has 0 aliphatic heterocycles. The van der Waals surface area contributed by atoms with Crippen LogP contribution in [-0.2, 0) is 6.18 Å². The number of hydrogen-bond donors (Lipinski definition) is 3. The molecule has 0 bridgehead atoms. The zero-order valence-corrected chi connectivity index (χ0v) is 10.3. The lowest BCUT2D eigenvalue weighted by molar-refractivity contribution is -0.137. The molecule has 0 fully saturated rings. The highest BCUT2D eigenvalue weighted by atomic mass is 32.1. The molecule has 0 radical (unpaired) electrons. The van der Waals surface area contributed by atoms with Gasteiger partial charge in [-0.1, -0.05) is 12.1 Å². The molecule has 0 aliphatic carbocycles. The minimum Gasteiger partial charge on any atom is -0.506 e. The molecular formula is C12H9F3N2OS. The van der Waals surface area contributed by atoms with Gasteiger partial charge in [-0.25, -0.2) is 0 Å². The lowest BCUT2D eigenvalue weighted by Gasteiger charge is -2.07. The normalized spacial score (nSPS) is 11.5. The van der Waals surface area contributed by atoms with Crippen molar-refractivity contribution in [3.05, 3.63) is 40.8 Å². The Labute approximate surface area is 110 Å². The molecule has 2 aromatic rings. The van der Waals surface area contributed by atoms with Crippen LogP contribution in [0.15, 0.2) is 29.6 Å². The Kier molecular flexibility index (Phi) is 3.23. The molecule has 0 spiro atoms. The van der Waals surface area contributed by atoms with Crippen molar-refractivity contribution >= 4 is 17.2 Å². The van der Waals surface area contributed by atoms with E-state index in [1.54, 1.807) is 0 Å². The number of aromatic hydroxyl groups is 1. The molecule has 0 unspecified atom stereocenters. The van der Waals surface area contributed by atoms with Crippen molar-refractivity contribution < 1.29 is 18.3 Å². The quantitative estimate of drug-likeness (QED) is 0.584. The molecule has 0 amide bonds. The summed E-state index contributed by atoms with van der Waals surface area (Å²) in [6.45, 7) is 0. The fourth-order valence-electron chi connectivity index (χ4n) is 1.56. The van der Waals surface area contributed by atoms with Crippen LogP contribution in [0.4, 0.5) is 13.2 Å². The summed E-state index contributed by atoms with van der Waals surface area (Å²) in [4.78, 5) is 0.388. The third-order valence-corrected chi connectivity index (χ3v) is 3.55. The Morgan fingerprint density at radius 3 is 2.21 bits per heavy atom. The molecule has 1 aromatic heterocycles. The number of nitrogen functional groups attached to an aromatic ring is 1. The average Bonchev–Trinajstić information content (AvgIpc) is 2.70. The minimum atomic E-state index is -4.39. The summed E-state index contributed by atoms with van der Waals surface area (Å²) in [5.74, 6) is -0.468. The first-order valence-corrected chi connectivity index (χ1v) is 6.01. The summed E-state index contributed by atoms with van der Waals surface area (Å²) in [7, 11) is 0. The van der Waals surface area contributed by atoms with Crippen LogP contribution in [0.25, 0.3) is 10.4 Å². The maximum absolute atomic E-state index is 12.4. The molecule has 3 nitrogen and oxygen atoms in total. The first kappa shape index (κ1) is 13.4. The van der Waals surface area contributed by atoms with E-state index in [0.29, 0.717) is 10.4 Å². The summed E-state index contributed by atoms with van der Waals surface area (Å²) in [5, 5.41) is 18.6. The first-order chi connectivity index (χ1) is 8.80. The maximum Gasteiger partial charge on any atom is 0.416 e. The number of nitrogens with two attached hydrogens (primary N) is 1. The number of hydrogen-bond acceptors (Lipinski definition) is 3. The highest BCUT2D eigenvalue weighted by molar-refractivity contribution is 7.14. The van der Waals surface area contributed by atoms with Gasteiger partial charge in [0.1, 0.15) is 11.6 Å². The highest BCUT2D eigenvalue weighted by Crippen LogP contribution is 2.39. The summed E-state index contributed by atoms with van der Waals surface area (Å²) in [5.41, 5.74) is 5.15. The van der Waals surface area contributed by atoms with Crippen LogP contribution in [0.2, 0.25) is 0 Å². The van der Waals surface area contributed by atoms with Gasteiger partial charge in [0.2, 0.25) is 0 Å². The number of thiophene rings is 1. The molecule has 0 atom stereocenters. The third kappa shape index (κ3) is 2.55. The number of rotatable bonds is 2. The molecule has 1 aromatic carbocycles. The Balaban J connectivity index is 2.41. The minimum absolute atomic E-state index is 0.180. The molecule has 0 saturated heterocycles. The van der Waals surface area contributed by atoms with Crippen LogP contribution in [0.5, 0.6) is 5.75 Å². The second-order valence-corrected chi connectivity index (χ2v) is 4.70. The summed E-state index contributed by atoms with van der Waals surface area (Å²) < 4.78 is 37.3. The first-order valence-electron chi connectivity index (χ1n) is 5.13. The van der Waals surface area contributed by atoms with Gasteiger partial charge in [0.05, 0.1) is 16.0 Å². The second-order valence-electron chi connectivity index (χ2n) is 3.82. The topological polar surface area (TPSA) is 70.1 Å². The highest BCUT2D eigenvalue weighted by Gasteiger charge is 2.30. The van der Waals surface area contributed by atoms with Gasteiger partial charge in [-0.3, -0.25) is 5.41 Å². The van der Waals surface area contributed by atoms with E-state index in [1.807, 2.05) is 0 Å². The van der Waals surface area contributed by atoms with Gasteiger partial charge < -0.3 is 10.8 Å². The Bertz CT molecular complexity index is 617. The predicted molar refractivity (Wildman–Crippen MR) is 67.4 cm³/mol. The second kappa shape index (κ2) is 4.58. The van der Waals surface area contributed by atoms with Crippen molar-refractivity contribution in [2.24, 2.45) is 5.73 Å². The van der Waals surface area contributed by atoms with Crippen molar-refractivity contribution in [3.63, 3.8) is 0 Å². The van der Waals surface area contributed by atoms with Crippen molar-refractivity contribution in [2.75, 3.05) is 0 Å². The van der Waals surface area contributed by atoms with Crippen molar-refractivity contribution in [2.45, 2.75) is 6.18 Å². The predicted octanol–water partition coefficient (Wildman–Crippen LogP) is 3.42. The SMILES string of the molecule is N=C(N)c1csc(-c2ccc(C(F)(F)F)cc2)c1O. The zero-order chi connectivity index (χ0) is 14.2. The van der Waals surface area contributed by atoms with Crippen molar-refractivity contribution in [3.8, 4) is 16.2 Å². The largest absolute Gasteiger partial charge is 0.506 e. The van der Waals surface area contributed by atoms with Crippen LogP contribution in [0.3, 0.4) is 0 Å². The van der Waals surface area contributed by atoms with Gasteiger partial charge >= 0.3 is 6.18 Å². The van der Waals surface area contributed by atoms with Crippen LogP contribution in [-0.4, -0.2) is 10.9 Å². The lowest BCUT2D eigenvalue weighted by atomic mass is 10.1. The summed E-state index contributed by atoms with van der Waals surface area (Å²) >= 11 is 1.12. The molecule has 0 saturated carbocycles. The van der Waals surface area contributed by atoms with E-state index in [1.165, 1.54) is 17.5 Å². The smallest absolute Gasteiger partial charge is 0.416 e. The third-order valence-electron chi connectivity index (χ3n) is 2.53. The van der Waals surface area contributed by atoms with Crippen molar-refractivity contribution in [1.82, 2.24) is 0 Å². The van der Waals surface area contributed by atoms with Crippen LogP contribution < -0.4 is 5.73 Å². The molecule has 100 valence electrons. The standard InChI is InChI=1S/C12H9F3N2OS/c13-12(14,15)7-3-1-6(2-4-7)10-9(18)8(5-19-10)11(16)17/h1-5,18H,(H3,16,17). The van der Waals surface area contributed by atoms with Gasteiger partial charge in [-0.15, -0.1) is 11.3 Å². The van der Waals surface area contributed by atoms with Crippen LogP contribution >= 0.6 is 11.3 Å². The molecular weight excluding hydrogens is 277 g/mol. The number of nitrogens with one attached hydrogen (secondary N) is 1. The summed E-state index contributed by atoms with van der Waals surface area (Å²) in [6.07, 6.45) is -4.39. The molecule has 4 N–H and O–H groups in total. The van der Waals surface area contributed by atoms with E-state index in [9.17, 15) is 18.3 Å². The van der Waals surface area contributed by atoms with Gasteiger partial charge in [0.25, 0.3) is 0 Å². The van der Waals surface area contributed by atoms with E-state index >= 15 is 0 Å². The number of alkyl halides is 3. The number of halogens is 3. The molecule has 2 rings (SSSR count). The number of benzene rings is 1. The van der Waals surface area contributed by atoms with Crippen molar-refractivity contribution in [1.29, 1.82) is 5.41 Å². The van der Waals surface area contributed by atoms with Gasteiger partial charge in [-0.2, -0.15) is 13.2 Å². The van der Waals surface area contributed by atoms with Gasteiger partial charge in [0.15, 0.2) is 0 Å². The Hall–Kier alpha value is -2.02. The van der Waals surface area contributed by atoms with E-state index in [4.69, 9.17) is 11.1 Å². The maximum atomic E-state index is 12.4. The molecule has 0 aliphatic rings. The van der Waals surface area contributed by atoms with E-state index in [-0.39, 0.29) is 17.1 Å². The average molecular weight is 286 g/mol. The Morgan fingerprint density at radius 1 is 1.21 bits per heavy atom. The molecule has 1 heterocycles. The lowest BCUT2D eigenvalue weighted by Crippen LogP contribution is -2.09. The Morgan fingerprint density at radius 2 is 1.79 bits per heavy atom. The van der Waals surface area contributed by atoms with Crippen LogP contribution in [0.1, 0.15) is 11.1 Å². The fourth-order valence-corrected chi connectivity index (χ4v) is 2.53. The fraction of sp³-hybridized carbons (Fsp3) is 0.0833. The van der Waals surface area contributed by atoms with Crippen LogP contribution in [0, 0.1) is 5.41 Å². The van der Waals surface area contributed by atoms with Gasteiger partial charge in [-0.05, 0) is 17.7 Å². The molecule has 19 heavy (non-hydrogen) atoms. The van der Waals surface area contributed by atoms with E-state index < -0.39 is 11.7 Å². The molecule has 7 heteroatoms. The van der Waals surface area contributed by atoms with E-state index in [2.05, 4.69) is 0 Å².